The van der Waals surface area contributed by atoms with Gasteiger partial charge in [-0.25, -0.2) is 4.68 Å². The second-order valence-corrected chi connectivity index (χ2v) is 5.05. The highest BCUT2D eigenvalue weighted by atomic mass is 35.5. The quantitative estimate of drug-likeness (QED) is 0.722. The molecule has 20 heavy (non-hydrogen) atoms. The van der Waals surface area contributed by atoms with Crippen LogP contribution in [0.4, 0.5) is 5.69 Å². The molecular weight excluding hydrogens is 284 g/mol. The molecule has 0 unspecified atom stereocenters. The van der Waals surface area contributed by atoms with E-state index in [9.17, 15) is 9.59 Å². The van der Waals surface area contributed by atoms with Crippen molar-refractivity contribution in [2.45, 2.75) is 6.54 Å². The molecule has 0 amide bonds. The van der Waals surface area contributed by atoms with Gasteiger partial charge >= 0.3 is 5.97 Å². The Morgan fingerprint density at radius 1 is 1.40 bits per heavy atom. The third kappa shape index (κ3) is 3.10. The van der Waals surface area contributed by atoms with Crippen LogP contribution in [0.25, 0.3) is 0 Å². The number of nitrogens with zero attached hydrogens (tertiary/aromatic N) is 4. The molecule has 1 saturated heterocycles. The van der Waals surface area contributed by atoms with Crippen molar-refractivity contribution >= 4 is 23.3 Å². The number of hydrogen-bond donors (Lipinski definition) is 0. The van der Waals surface area contributed by atoms with Crippen LogP contribution in [0, 0.1) is 0 Å². The Hall–Kier alpha value is -1.60. The predicted octanol–water partition coefficient (Wildman–Crippen LogP) is -0.178. The summed E-state index contributed by atoms with van der Waals surface area (Å²) in [4.78, 5) is 27.5. The normalized spacial score (nSPS) is 16.2. The van der Waals surface area contributed by atoms with E-state index < -0.39 is 11.5 Å². The lowest BCUT2D eigenvalue weighted by Gasteiger charge is -2.34. The summed E-state index contributed by atoms with van der Waals surface area (Å²) < 4.78 is 5.52. The molecule has 0 radical (unpaired) electrons. The van der Waals surface area contributed by atoms with Gasteiger partial charge in [0.15, 0.2) is 0 Å². The summed E-state index contributed by atoms with van der Waals surface area (Å²) in [5.41, 5.74) is 0.138. The van der Waals surface area contributed by atoms with Crippen molar-refractivity contribution in [2.75, 3.05) is 45.2 Å². The van der Waals surface area contributed by atoms with Gasteiger partial charge in [-0.3, -0.25) is 9.59 Å². The largest absolute Gasteiger partial charge is 0.468 e. The Bertz CT molecular complexity index is 552. The number of carbonyl (C=O) groups excluding carboxylic acids is 1. The molecule has 1 aliphatic rings. The Morgan fingerprint density at radius 2 is 2.05 bits per heavy atom. The molecule has 1 aromatic heterocycles. The lowest BCUT2D eigenvalue weighted by atomic mass is 10.3. The Labute approximate surface area is 121 Å². The highest BCUT2D eigenvalue weighted by Crippen LogP contribution is 2.21. The molecule has 1 aliphatic heterocycles. The number of esters is 1. The van der Waals surface area contributed by atoms with E-state index in [4.69, 9.17) is 11.6 Å². The number of methoxy groups -OCH3 is 1. The molecule has 110 valence electrons. The molecular formula is C12H17ClN4O3. The van der Waals surface area contributed by atoms with Crippen molar-refractivity contribution in [2.24, 2.45) is 0 Å². The fourth-order valence-corrected chi connectivity index (χ4v) is 2.29. The summed E-state index contributed by atoms with van der Waals surface area (Å²) in [7, 11) is 3.30. The number of halogens is 1. The third-order valence-electron chi connectivity index (χ3n) is 3.32. The Balaban J connectivity index is 2.22. The van der Waals surface area contributed by atoms with Crippen molar-refractivity contribution in [3.8, 4) is 0 Å². The monoisotopic (exact) mass is 300 g/mol. The lowest BCUT2D eigenvalue weighted by Crippen LogP contribution is -2.45. The summed E-state index contributed by atoms with van der Waals surface area (Å²) in [6.45, 7) is 3.15. The van der Waals surface area contributed by atoms with Crippen LogP contribution < -0.4 is 10.5 Å². The Kier molecular flexibility index (Phi) is 4.61. The summed E-state index contributed by atoms with van der Waals surface area (Å²) in [5, 5.41) is 4.08. The van der Waals surface area contributed by atoms with Crippen LogP contribution in [-0.2, 0) is 16.1 Å². The first kappa shape index (κ1) is 14.8. The van der Waals surface area contributed by atoms with Crippen LogP contribution in [0.15, 0.2) is 11.0 Å². The van der Waals surface area contributed by atoms with Crippen molar-refractivity contribution in [1.82, 2.24) is 14.7 Å². The fraction of sp³-hybridized carbons (Fsp3) is 0.583. The smallest absolute Gasteiger partial charge is 0.327 e. The van der Waals surface area contributed by atoms with Gasteiger partial charge < -0.3 is 14.5 Å². The summed E-state index contributed by atoms with van der Waals surface area (Å²) >= 11 is 6.11. The first-order valence-electron chi connectivity index (χ1n) is 6.29. The minimum atomic E-state index is -0.539. The maximum absolute atomic E-state index is 12.1. The predicted molar refractivity (Wildman–Crippen MR) is 75.2 cm³/mol. The molecule has 2 rings (SSSR count). The molecule has 0 aliphatic carbocycles. The third-order valence-corrected chi connectivity index (χ3v) is 3.67. The molecule has 0 bridgehead atoms. The van der Waals surface area contributed by atoms with Crippen LogP contribution in [0.5, 0.6) is 0 Å². The summed E-state index contributed by atoms with van der Waals surface area (Å²) in [6, 6.07) is 0. The van der Waals surface area contributed by atoms with Gasteiger partial charge in [-0.2, -0.15) is 5.10 Å². The molecule has 7 nitrogen and oxygen atoms in total. The van der Waals surface area contributed by atoms with Crippen molar-refractivity contribution in [1.29, 1.82) is 0 Å². The summed E-state index contributed by atoms with van der Waals surface area (Å²) in [5.74, 6) is -0.539. The second-order valence-electron chi connectivity index (χ2n) is 4.67. The van der Waals surface area contributed by atoms with Crippen molar-refractivity contribution in [3.63, 3.8) is 0 Å². The molecule has 0 N–H and O–H groups in total. The SMILES string of the molecule is COC(=O)Cn1ncc(N2CCN(C)CC2)c(Cl)c1=O. The minimum Gasteiger partial charge on any atom is -0.468 e. The van der Waals surface area contributed by atoms with Crippen LogP contribution in [0.1, 0.15) is 0 Å². The van der Waals surface area contributed by atoms with Gasteiger partial charge in [0.05, 0.1) is 19.0 Å². The number of anilines is 1. The number of ether oxygens (including phenoxy) is 1. The molecule has 1 fully saturated rings. The number of likely N-dealkylation sites (N-methyl/N-ethyl adjacent to an activating group) is 1. The van der Waals surface area contributed by atoms with E-state index in [0.29, 0.717) is 5.69 Å². The van der Waals surface area contributed by atoms with Gasteiger partial charge in [0.1, 0.15) is 11.6 Å². The van der Waals surface area contributed by atoms with E-state index in [-0.39, 0.29) is 11.6 Å². The van der Waals surface area contributed by atoms with Gasteiger partial charge in [-0.05, 0) is 7.05 Å². The zero-order valence-electron chi connectivity index (χ0n) is 11.5. The van der Waals surface area contributed by atoms with Crippen LogP contribution in [0.3, 0.4) is 0 Å². The zero-order chi connectivity index (χ0) is 14.7. The number of aromatic nitrogens is 2. The average Bonchev–Trinajstić information content (AvgIpc) is 2.45. The van der Waals surface area contributed by atoms with E-state index >= 15 is 0 Å². The van der Waals surface area contributed by atoms with E-state index in [1.165, 1.54) is 13.3 Å². The van der Waals surface area contributed by atoms with Gasteiger partial charge in [-0.15, -0.1) is 0 Å². The lowest BCUT2D eigenvalue weighted by molar-refractivity contribution is -0.141. The first-order valence-corrected chi connectivity index (χ1v) is 6.66. The van der Waals surface area contributed by atoms with Gasteiger partial charge in [-0.1, -0.05) is 11.6 Å². The molecule has 0 saturated carbocycles. The standard InChI is InChI=1S/C12H17ClN4O3/c1-15-3-5-16(6-4-15)9-7-14-17(8-10(18)20-2)12(19)11(9)13/h7H,3-6,8H2,1-2H3. The number of carbonyl (C=O) groups is 1. The maximum Gasteiger partial charge on any atom is 0.327 e. The second kappa shape index (κ2) is 6.23. The highest BCUT2D eigenvalue weighted by Gasteiger charge is 2.20. The zero-order valence-corrected chi connectivity index (χ0v) is 12.3. The molecule has 8 heteroatoms. The molecule has 0 spiro atoms. The van der Waals surface area contributed by atoms with Gasteiger partial charge in [0.2, 0.25) is 0 Å². The minimum absolute atomic E-state index is 0.0912. The van der Waals surface area contributed by atoms with Gasteiger partial charge in [0.25, 0.3) is 5.56 Å². The molecule has 0 atom stereocenters. The van der Waals surface area contributed by atoms with Crippen molar-refractivity contribution < 1.29 is 9.53 Å². The first-order chi connectivity index (χ1) is 9.52. The molecule has 0 aromatic carbocycles. The van der Waals surface area contributed by atoms with Crippen LogP contribution in [0.2, 0.25) is 5.02 Å². The van der Waals surface area contributed by atoms with Crippen LogP contribution in [-0.4, -0.2) is 61.0 Å². The van der Waals surface area contributed by atoms with Crippen LogP contribution >= 0.6 is 11.6 Å². The Morgan fingerprint density at radius 3 is 2.65 bits per heavy atom. The molecule has 1 aromatic rings. The average molecular weight is 301 g/mol. The van der Waals surface area contributed by atoms with E-state index in [2.05, 4.69) is 14.7 Å². The van der Waals surface area contributed by atoms with E-state index in [1.807, 2.05) is 11.9 Å². The number of hydrogen-bond acceptors (Lipinski definition) is 6. The topological polar surface area (TPSA) is 67.7 Å². The summed E-state index contributed by atoms with van der Waals surface area (Å²) in [6.07, 6.45) is 1.53. The highest BCUT2D eigenvalue weighted by molar-refractivity contribution is 6.33. The molecule has 2 heterocycles. The van der Waals surface area contributed by atoms with Crippen molar-refractivity contribution in [3.05, 3.63) is 21.6 Å². The van der Waals surface area contributed by atoms with E-state index in [1.54, 1.807) is 0 Å². The fourth-order valence-electron chi connectivity index (χ4n) is 2.02. The maximum atomic E-state index is 12.1. The van der Waals surface area contributed by atoms with E-state index in [0.717, 1.165) is 30.9 Å². The number of rotatable bonds is 3. The number of piperazine rings is 1. The van der Waals surface area contributed by atoms with Gasteiger partial charge in [0, 0.05) is 26.2 Å².